The minimum absolute atomic E-state index is 0.0394. The number of amides is 1. The fourth-order valence-corrected chi connectivity index (χ4v) is 5.96. The molecule has 0 unspecified atom stereocenters. The summed E-state index contributed by atoms with van der Waals surface area (Å²) in [6.07, 6.45) is 4.61. The molecule has 5 rings (SSSR count). The average Bonchev–Trinajstić information content (AvgIpc) is 2.94. The maximum atomic E-state index is 14.2. The Morgan fingerprint density at radius 3 is 2.35 bits per heavy atom. The zero-order valence-electron chi connectivity index (χ0n) is 21.8. The summed E-state index contributed by atoms with van der Waals surface area (Å²) < 4.78 is 19.1. The highest BCUT2D eigenvalue weighted by Gasteiger charge is 2.42. The largest absolute Gasteiger partial charge is 0.494 e. The van der Waals surface area contributed by atoms with E-state index in [1.807, 2.05) is 12.1 Å². The highest BCUT2D eigenvalue weighted by Crippen LogP contribution is 2.45. The number of carbonyl (C=O) groups excluding carboxylic acids is 1. The Bertz CT molecular complexity index is 1220. The van der Waals surface area contributed by atoms with Gasteiger partial charge in [0.25, 0.3) is 5.91 Å². The van der Waals surface area contributed by atoms with Crippen molar-refractivity contribution in [1.29, 1.82) is 0 Å². The van der Waals surface area contributed by atoms with Crippen LogP contribution >= 0.6 is 0 Å². The number of nitrogens with one attached hydrogen (secondary N) is 1. The van der Waals surface area contributed by atoms with Gasteiger partial charge in [-0.15, -0.1) is 0 Å². The van der Waals surface area contributed by atoms with E-state index in [4.69, 9.17) is 4.74 Å². The Morgan fingerprint density at radius 1 is 0.946 bits per heavy atom. The molecule has 3 aromatic rings. The predicted octanol–water partition coefficient (Wildman–Crippen LogP) is 6.31. The van der Waals surface area contributed by atoms with Gasteiger partial charge in [0.2, 0.25) is 0 Å². The van der Waals surface area contributed by atoms with Crippen molar-refractivity contribution in [2.45, 2.75) is 38.1 Å². The zero-order valence-corrected chi connectivity index (χ0v) is 21.8. The first-order valence-electron chi connectivity index (χ1n) is 13.3. The molecule has 0 spiro atoms. The molecule has 1 saturated heterocycles. The number of nitrogens with zero attached hydrogens (tertiary/aromatic N) is 2. The molecule has 6 heteroatoms. The summed E-state index contributed by atoms with van der Waals surface area (Å²) in [5, 5.41) is 2.99. The first-order chi connectivity index (χ1) is 18.0. The number of benzene rings is 3. The Kier molecular flexibility index (Phi) is 7.47. The van der Waals surface area contributed by atoms with Gasteiger partial charge in [0, 0.05) is 48.7 Å². The fourth-order valence-electron chi connectivity index (χ4n) is 5.96. The summed E-state index contributed by atoms with van der Waals surface area (Å²) in [4.78, 5) is 18.1. The highest BCUT2D eigenvalue weighted by atomic mass is 19.1. The van der Waals surface area contributed by atoms with E-state index in [0.717, 1.165) is 50.6 Å². The summed E-state index contributed by atoms with van der Waals surface area (Å²) in [5.41, 5.74) is 3.50. The number of anilines is 2. The number of halogens is 1. The molecule has 0 aromatic heterocycles. The van der Waals surface area contributed by atoms with E-state index in [1.54, 1.807) is 6.07 Å². The van der Waals surface area contributed by atoms with Crippen LogP contribution in [-0.4, -0.2) is 44.1 Å². The second-order valence-electron chi connectivity index (χ2n) is 10.4. The van der Waals surface area contributed by atoms with Gasteiger partial charge in [-0.2, -0.15) is 0 Å². The van der Waals surface area contributed by atoms with Crippen LogP contribution in [0.4, 0.5) is 15.8 Å². The van der Waals surface area contributed by atoms with Crippen molar-refractivity contribution in [1.82, 2.24) is 4.90 Å². The lowest BCUT2D eigenvalue weighted by atomic mass is 9.71. The van der Waals surface area contributed by atoms with Crippen LogP contribution in [0.5, 0.6) is 5.75 Å². The summed E-state index contributed by atoms with van der Waals surface area (Å²) in [6, 6.07) is 23.2. The number of piperazine rings is 1. The molecule has 37 heavy (non-hydrogen) atoms. The molecule has 5 nitrogen and oxygen atoms in total. The molecule has 0 atom stereocenters. The van der Waals surface area contributed by atoms with Crippen molar-refractivity contribution in [2.75, 3.05) is 43.5 Å². The lowest BCUT2D eigenvalue weighted by Gasteiger charge is -2.51. The zero-order chi connectivity index (χ0) is 25.8. The molecule has 0 radical (unpaired) electrons. The third-order valence-electron chi connectivity index (χ3n) is 8.18. The summed E-state index contributed by atoms with van der Waals surface area (Å²) in [5.74, 6) is -0.0266. The number of para-hydroxylation sites is 1. The van der Waals surface area contributed by atoms with Gasteiger partial charge in [-0.1, -0.05) is 37.3 Å². The molecule has 0 bridgehead atoms. The van der Waals surface area contributed by atoms with E-state index in [1.165, 1.54) is 43.3 Å². The molecule has 1 saturated carbocycles. The Hall–Kier alpha value is -3.38. The van der Waals surface area contributed by atoms with Crippen molar-refractivity contribution < 1.29 is 13.9 Å². The standard InChI is InChI=1S/C31H36FN3O2/c1-23-13-15-31(16-14-23,35-19-17-34(18-20-35)27-9-4-3-5-10-27)25-7-6-8-26(22-25)33-30(36)24-11-12-29(37-2)28(32)21-24/h3-12,21-23H,13-20H2,1-2H3,(H,33,36). The van der Waals surface area contributed by atoms with E-state index in [0.29, 0.717) is 0 Å². The van der Waals surface area contributed by atoms with Crippen LogP contribution in [0.25, 0.3) is 0 Å². The number of hydrogen-bond donors (Lipinski definition) is 1. The molecule has 194 valence electrons. The third-order valence-corrected chi connectivity index (χ3v) is 8.18. The molecule has 1 aliphatic carbocycles. The van der Waals surface area contributed by atoms with Crippen LogP contribution in [-0.2, 0) is 5.54 Å². The SMILES string of the molecule is COc1ccc(C(=O)Nc2cccc(C3(N4CCN(c5ccccc5)CC4)CCC(C)CC3)c2)cc1F. The van der Waals surface area contributed by atoms with Crippen LogP contribution in [0.3, 0.4) is 0 Å². The van der Waals surface area contributed by atoms with Gasteiger partial charge in [0.1, 0.15) is 0 Å². The molecular formula is C31H36FN3O2. The van der Waals surface area contributed by atoms with Gasteiger partial charge >= 0.3 is 0 Å². The summed E-state index contributed by atoms with van der Waals surface area (Å²) in [7, 11) is 1.41. The van der Waals surface area contributed by atoms with Gasteiger partial charge in [0.05, 0.1) is 7.11 Å². The van der Waals surface area contributed by atoms with Crippen molar-refractivity contribution >= 4 is 17.3 Å². The monoisotopic (exact) mass is 501 g/mol. The fraction of sp³-hybridized carbons (Fsp3) is 0.387. The van der Waals surface area contributed by atoms with E-state index in [9.17, 15) is 9.18 Å². The van der Waals surface area contributed by atoms with Crippen LogP contribution < -0.4 is 15.0 Å². The minimum atomic E-state index is -0.547. The predicted molar refractivity (Wildman–Crippen MR) is 147 cm³/mol. The van der Waals surface area contributed by atoms with Crippen molar-refractivity contribution in [3.05, 3.63) is 89.7 Å². The Balaban J connectivity index is 1.36. The molecule has 1 heterocycles. The molecule has 2 aliphatic rings. The Labute approximate surface area is 219 Å². The molecule has 3 aromatic carbocycles. The number of ether oxygens (including phenoxy) is 1. The van der Waals surface area contributed by atoms with Crippen LogP contribution in [0, 0.1) is 11.7 Å². The highest BCUT2D eigenvalue weighted by molar-refractivity contribution is 6.04. The van der Waals surface area contributed by atoms with Gasteiger partial charge in [-0.05, 0) is 79.6 Å². The van der Waals surface area contributed by atoms with Crippen LogP contribution in [0.1, 0.15) is 48.5 Å². The number of hydrogen-bond acceptors (Lipinski definition) is 4. The van der Waals surface area contributed by atoms with E-state index in [-0.39, 0.29) is 22.8 Å². The smallest absolute Gasteiger partial charge is 0.255 e. The van der Waals surface area contributed by atoms with Crippen molar-refractivity contribution in [3.63, 3.8) is 0 Å². The number of carbonyl (C=O) groups is 1. The summed E-state index contributed by atoms with van der Waals surface area (Å²) in [6.45, 7) is 6.36. The Morgan fingerprint density at radius 2 is 1.68 bits per heavy atom. The maximum absolute atomic E-state index is 14.2. The summed E-state index contributed by atoms with van der Waals surface area (Å²) >= 11 is 0. The quantitative estimate of drug-likeness (QED) is 0.430. The lowest BCUT2D eigenvalue weighted by molar-refractivity contribution is 0.0299. The van der Waals surface area contributed by atoms with E-state index < -0.39 is 5.82 Å². The first kappa shape index (κ1) is 25.3. The molecular weight excluding hydrogens is 465 g/mol. The van der Waals surface area contributed by atoms with Crippen molar-refractivity contribution in [3.8, 4) is 5.75 Å². The third kappa shape index (κ3) is 5.35. The van der Waals surface area contributed by atoms with Gasteiger partial charge in [-0.25, -0.2) is 4.39 Å². The van der Waals surface area contributed by atoms with Gasteiger partial charge in [-0.3, -0.25) is 9.69 Å². The number of methoxy groups -OCH3 is 1. The van der Waals surface area contributed by atoms with Crippen LogP contribution in [0.15, 0.2) is 72.8 Å². The first-order valence-corrected chi connectivity index (χ1v) is 13.3. The number of rotatable bonds is 6. The topological polar surface area (TPSA) is 44.8 Å². The van der Waals surface area contributed by atoms with Gasteiger partial charge < -0.3 is 15.0 Å². The van der Waals surface area contributed by atoms with Crippen LogP contribution in [0.2, 0.25) is 0 Å². The second kappa shape index (κ2) is 10.9. The lowest BCUT2D eigenvalue weighted by Crippen LogP contribution is -2.56. The minimum Gasteiger partial charge on any atom is -0.494 e. The normalized spacial score (nSPS) is 22.5. The molecule has 1 N–H and O–H groups in total. The molecule has 2 fully saturated rings. The van der Waals surface area contributed by atoms with Gasteiger partial charge in [0.15, 0.2) is 11.6 Å². The molecule has 1 amide bonds. The maximum Gasteiger partial charge on any atom is 0.255 e. The molecule has 1 aliphatic heterocycles. The second-order valence-corrected chi connectivity index (χ2v) is 10.4. The van der Waals surface area contributed by atoms with E-state index >= 15 is 0 Å². The van der Waals surface area contributed by atoms with Crippen molar-refractivity contribution in [2.24, 2.45) is 5.92 Å². The average molecular weight is 502 g/mol. The van der Waals surface area contributed by atoms with E-state index in [2.05, 4.69) is 64.5 Å².